The highest BCUT2D eigenvalue weighted by atomic mass is 16.2. The molecule has 0 amide bonds. The molecule has 0 rings (SSSR count). The van der Waals surface area contributed by atoms with Crippen LogP contribution in [0.5, 0.6) is 0 Å². The highest BCUT2D eigenvalue weighted by Crippen LogP contribution is 2.01. The van der Waals surface area contributed by atoms with Crippen molar-refractivity contribution < 1.29 is 5.11 Å². The van der Waals surface area contributed by atoms with Gasteiger partial charge in [0, 0.05) is 6.61 Å². The van der Waals surface area contributed by atoms with Gasteiger partial charge in [-0.1, -0.05) is 38.3 Å². The maximum absolute atomic E-state index is 8.52. The highest BCUT2D eigenvalue weighted by Gasteiger charge is 1.84. The molecule has 0 saturated carbocycles. The van der Waals surface area contributed by atoms with Crippen molar-refractivity contribution in [1.82, 2.24) is 0 Å². The highest BCUT2D eigenvalue weighted by molar-refractivity contribution is 4.80. The molecular weight excluding hydrogens is 148 g/mol. The van der Waals surface area contributed by atoms with Crippen molar-refractivity contribution in [3.8, 4) is 0 Å². The molecule has 0 unspecified atom stereocenters. The summed E-state index contributed by atoms with van der Waals surface area (Å²) in [5.41, 5.74) is 0. The lowest BCUT2D eigenvalue weighted by molar-refractivity contribution is 0.283. The number of hydrogen-bond donors (Lipinski definition) is 1. The van der Waals surface area contributed by atoms with E-state index in [0.717, 1.165) is 12.8 Å². The summed E-state index contributed by atoms with van der Waals surface area (Å²) < 4.78 is 0. The minimum absolute atomic E-state index is 0.347. The predicted molar refractivity (Wildman–Crippen MR) is 54.2 cm³/mol. The van der Waals surface area contributed by atoms with Gasteiger partial charge >= 0.3 is 0 Å². The average Bonchev–Trinajstić information content (AvgIpc) is 2.10. The normalized spacial score (nSPS) is 11.2. The van der Waals surface area contributed by atoms with Gasteiger partial charge < -0.3 is 5.11 Å². The lowest BCUT2D eigenvalue weighted by atomic mass is 10.1. The van der Waals surface area contributed by atoms with Crippen LogP contribution in [0.1, 0.15) is 51.9 Å². The monoisotopic (exact) mass is 170 g/mol. The van der Waals surface area contributed by atoms with Gasteiger partial charge in [0.05, 0.1) is 0 Å². The molecule has 0 aliphatic heterocycles. The van der Waals surface area contributed by atoms with Gasteiger partial charge in [-0.05, 0) is 25.7 Å². The van der Waals surface area contributed by atoms with Crippen LogP contribution in [0, 0.1) is 0 Å². The molecule has 0 aromatic rings. The zero-order valence-corrected chi connectivity index (χ0v) is 8.26. The van der Waals surface area contributed by atoms with Crippen molar-refractivity contribution in [2.24, 2.45) is 0 Å². The van der Waals surface area contributed by atoms with Crippen molar-refractivity contribution in [3.63, 3.8) is 0 Å². The molecule has 1 nitrogen and oxygen atoms in total. The summed E-state index contributed by atoms with van der Waals surface area (Å²) in [4.78, 5) is 0. The van der Waals surface area contributed by atoms with Gasteiger partial charge in [0.2, 0.25) is 0 Å². The molecule has 0 aromatic heterocycles. The molecule has 12 heavy (non-hydrogen) atoms. The van der Waals surface area contributed by atoms with E-state index in [4.69, 9.17) is 5.11 Å². The SMILES string of the molecule is CCCCC=CCCCCCO. The van der Waals surface area contributed by atoms with E-state index >= 15 is 0 Å². The third-order valence-corrected chi connectivity index (χ3v) is 1.92. The maximum atomic E-state index is 8.52. The fourth-order valence-corrected chi connectivity index (χ4v) is 1.11. The fourth-order valence-electron chi connectivity index (χ4n) is 1.11. The first kappa shape index (κ1) is 11.7. The molecule has 0 spiro atoms. The van der Waals surface area contributed by atoms with E-state index in [-0.39, 0.29) is 0 Å². The van der Waals surface area contributed by atoms with Gasteiger partial charge in [0.15, 0.2) is 0 Å². The van der Waals surface area contributed by atoms with Gasteiger partial charge in [-0.15, -0.1) is 0 Å². The molecule has 0 atom stereocenters. The quantitative estimate of drug-likeness (QED) is 0.438. The second-order valence-electron chi connectivity index (χ2n) is 3.19. The Bertz CT molecular complexity index is 97.2. The Morgan fingerprint density at radius 1 is 0.917 bits per heavy atom. The molecule has 0 saturated heterocycles. The molecule has 0 aliphatic rings. The van der Waals surface area contributed by atoms with Crippen molar-refractivity contribution >= 4 is 0 Å². The Morgan fingerprint density at radius 3 is 2.17 bits per heavy atom. The van der Waals surface area contributed by atoms with Crippen molar-refractivity contribution in [2.45, 2.75) is 51.9 Å². The first-order valence-corrected chi connectivity index (χ1v) is 5.17. The molecule has 72 valence electrons. The van der Waals surface area contributed by atoms with Gasteiger partial charge in [-0.25, -0.2) is 0 Å². The molecule has 0 fully saturated rings. The van der Waals surface area contributed by atoms with E-state index in [1.54, 1.807) is 0 Å². The molecule has 0 radical (unpaired) electrons. The van der Waals surface area contributed by atoms with E-state index in [2.05, 4.69) is 19.1 Å². The van der Waals surface area contributed by atoms with Gasteiger partial charge in [-0.3, -0.25) is 0 Å². The number of aliphatic hydroxyl groups is 1. The third-order valence-electron chi connectivity index (χ3n) is 1.92. The van der Waals surface area contributed by atoms with Crippen LogP contribution in [0.25, 0.3) is 0 Å². The van der Waals surface area contributed by atoms with E-state index in [1.807, 2.05) is 0 Å². The Kier molecular flexibility index (Phi) is 10.4. The van der Waals surface area contributed by atoms with Crippen LogP contribution >= 0.6 is 0 Å². The zero-order valence-electron chi connectivity index (χ0n) is 8.26. The standard InChI is InChI=1S/C11H22O/c1-2-3-4-5-6-7-8-9-10-11-12/h5-6,12H,2-4,7-11H2,1H3. The minimum atomic E-state index is 0.347. The second kappa shape index (κ2) is 10.7. The molecule has 0 bridgehead atoms. The zero-order chi connectivity index (χ0) is 9.07. The fraction of sp³-hybridized carbons (Fsp3) is 0.818. The minimum Gasteiger partial charge on any atom is -0.396 e. The first-order valence-electron chi connectivity index (χ1n) is 5.17. The summed E-state index contributed by atoms with van der Waals surface area (Å²) >= 11 is 0. The summed E-state index contributed by atoms with van der Waals surface area (Å²) in [6, 6.07) is 0. The van der Waals surface area contributed by atoms with Crippen molar-refractivity contribution in [1.29, 1.82) is 0 Å². The predicted octanol–water partition coefficient (Wildman–Crippen LogP) is 3.29. The number of aliphatic hydroxyl groups excluding tert-OH is 1. The third kappa shape index (κ3) is 9.70. The topological polar surface area (TPSA) is 20.2 Å². The van der Waals surface area contributed by atoms with E-state index < -0.39 is 0 Å². The van der Waals surface area contributed by atoms with Gasteiger partial charge in [0.1, 0.15) is 0 Å². The summed E-state index contributed by atoms with van der Waals surface area (Å²) in [7, 11) is 0. The number of allylic oxidation sites excluding steroid dienone is 2. The summed E-state index contributed by atoms with van der Waals surface area (Å²) in [5.74, 6) is 0. The Balaban J connectivity index is 2.92. The van der Waals surface area contributed by atoms with Crippen LogP contribution in [-0.4, -0.2) is 11.7 Å². The van der Waals surface area contributed by atoms with Crippen molar-refractivity contribution in [3.05, 3.63) is 12.2 Å². The Labute approximate surface area is 76.5 Å². The average molecular weight is 170 g/mol. The summed E-state index contributed by atoms with van der Waals surface area (Å²) in [6.07, 6.45) is 12.9. The molecule has 0 aromatic carbocycles. The van der Waals surface area contributed by atoms with E-state index in [9.17, 15) is 0 Å². The van der Waals surface area contributed by atoms with Crippen LogP contribution < -0.4 is 0 Å². The largest absolute Gasteiger partial charge is 0.396 e. The first-order chi connectivity index (χ1) is 5.91. The second-order valence-corrected chi connectivity index (χ2v) is 3.19. The summed E-state index contributed by atoms with van der Waals surface area (Å²) in [5, 5.41) is 8.52. The van der Waals surface area contributed by atoms with Crippen LogP contribution in [0.15, 0.2) is 12.2 Å². The smallest absolute Gasteiger partial charge is 0.0431 e. The van der Waals surface area contributed by atoms with Crippen LogP contribution in [-0.2, 0) is 0 Å². The molecule has 0 heterocycles. The maximum Gasteiger partial charge on any atom is 0.0431 e. The molecular formula is C11H22O. The van der Waals surface area contributed by atoms with Gasteiger partial charge in [0.25, 0.3) is 0 Å². The van der Waals surface area contributed by atoms with Crippen LogP contribution in [0.4, 0.5) is 0 Å². The number of rotatable bonds is 8. The van der Waals surface area contributed by atoms with Crippen LogP contribution in [0.2, 0.25) is 0 Å². The Morgan fingerprint density at radius 2 is 1.58 bits per heavy atom. The molecule has 1 N–H and O–H groups in total. The van der Waals surface area contributed by atoms with E-state index in [0.29, 0.717) is 6.61 Å². The van der Waals surface area contributed by atoms with Gasteiger partial charge in [-0.2, -0.15) is 0 Å². The number of hydrogen-bond acceptors (Lipinski definition) is 1. The number of unbranched alkanes of at least 4 members (excludes halogenated alkanes) is 5. The van der Waals surface area contributed by atoms with Crippen molar-refractivity contribution in [2.75, 3.05) is 6.61 Å². The molecule has 1 heteroatoms. The summed E-state index contributed by atoms with van der Waals surface area (Å²) in [6.45, 7) is 2.56. The van der Waals surface area contributed by atoms with Crippen LogP contribution in [0.3, 0.4) is 0 Å². The van der Waals surface area contributed by atoms with E-state index in [1.165, 1.54) is 32.1 Å². The lowest BCUT2D eigenvalue weighted by Gasteiger charge is -1.93. The lowest BCUT2D eigenvalue weighted by Crippen LogP contribution is -1.81. The Hall–Kier alpha value is -0.300. The molecule has 0 aliphatic carbocycles.